The minimum Gasteiger partial charge on any atom is -0.494 e. The van der Waals surface area contributed by atoms with Crippen molar-refractivity contribution in [1.29, 1.82) is 0 Å². The maximum atomic E-state index is 13.8. The van der Waals surface area contributed by atoms with Crippen LogP contribution in [-0.4, -0.2) is 18.0 Å². The number of nitrogens with one attached hydrogen (secondary N) is 1. The summed E-state index contributed by atoms with van der Waals surface area (Å²) in [6.45, 7) is 2.11. The van der Waals surface area contributed by atoms with Crippen molar-refractivity contribution in [2.24, 2.45) is 5.41 Å². The van der Waals surface area contributed by atoms with Crippen LogP contribution in [0.3, 0.4) is 0 Å². The van der Waals surface area contributed by atoms with Crippen molar-refractivity contribution < 1.29 is 9.53 Å². The van der Waals surface area contributed by atoms with Crippen molar-refractivity contribution in [1.82, 2.24) is 4.98 Å². The molecule has 0 saturated carbocycles. The number of thiazole rings is 1. The van der Waals surface area contributed by atoms with E-state index in [2.05, 4.69) is 65.8 Å². The number of para-hydroxylation sites is 1. The van der Waals surface area contributed by atoms with E-state index in [9.17, 15) is 4.79 Å². The number of rotatable bonds is 3. The molecule has 0 radical (unpaired) electrons. The normalized spacial score (nSPS) is 23.3. The Balaban J connectivity index is 1.42. The number of nitrogens with zero attached hydrogens (tertiary/aromatic N) is 1. The largest absolute Gasteiger partial charge is 0.494 e. The Morgan fingerprint density at radius 3 is 2.29 bits per heavy atom. The molecule has 1 unspecified atom stereocenters. The zero-order valence-electron chi connectivity index (χ0n) is 17.4. The van der Waals surface area contributed by atoms with Crippen molar-refractivity contribution in [3.63, 3.8) is 0 Å². The van der Waals surface area contributed by atoms with Gasteiger partial charge < -0.3 is 10.1 Å². The Hall–Kier alpha value is -3.18. The summed E-state index contributed by atoms with van der Waals surface area (Å²) in [6, 6.07) is 23.0. The number of anilines is 1. The summed E-state index contributed by atoms with van der Waals surface area (Å²) in [4.78, 5) is 18.4. The highest BCUT2D eigenvalue weighted by Crippen LogP contribution is 2.61. The molecule has 5 heteroatoms. The number of hydrogen-bond acceptors (Lipinski definition) is 4. The van der Waals surface area contributed by atoms with Crippen LogP contribution in [0.15, 0.2) is 66.7 Å². The van der Waals surface area contributed by atoms with Gasteiger partial charge in [0.25, 0.3) is 0 Å². The van der Waals surface area contributed by atoms with Gasteiger partial charge in [-0.05, 0) is 47.7 Å². The fourth-order valence-corrected chi connectivity index (χ4v) is 6.45. The lowest BCUT2D eigenvalue weighted by atomic mass is 9.52. The zero-order chi connectivity index (χ0) is 21.2. The SMILES string of the molecule is COc1cccc2sc(NC(=O)C3(C)CC4c5ccccc5C3c3ccccc34)nc12. The minimum absolute atomic E-state index is 0.0320. The lowest BCUT2D eigenvalue weighted by molar-refractivity contribution is -0.126. The van der Waals surface area contributed by atoms with Gasteiger partial charge in [-0.1, -0.05) is 65.9 Å². The molecule has 0 saturated heterocycles. The number of amides is 1. The highest BCUT2D eigenvalue weighted by atomic mass is 32.1. The number of ether oxygens (including phenoxy) is 1. The number of benzene rings is 3. The molecule has 3 aliphatic carbocycles. The quantitative estimate of drug-likeness (QED) is 0.442. The van der Waals surface area contributed by atoms with E-state index in [0.717, 1.165) is 22.4 Å². The summed E-state index contributed by atoms with van der Waals surface area (Å²) in [6.07, 6.45) is 0.797. The Morgan fingerprint density at radius 2 is 1.65 bits per heavy atom. The van der Waals surface area contributed by atoms with E-state index in [1.54, 1.807) is 7.11 Å². The molecule has 1 N–H and O–H groups in total. The second-order valence-corrected chi connectivity index (χ2v) is 9.68. The van der Waals surface area contributed by atoms with Gasteiger partial charge in [0, 0.05) is 11.8 Å². The molecular formula is C26H22N2O2S. The predicted octanol–water partition coefficient (Wildman–Crippen LogP) is 5.93. The minimum atomic E-state index is -0.546. The lowest BCUT2D eigenvalue weighted by Gasteiger charge is -2.50. The van der Waals surface area contributed by atoms with Crippen LogP contribution in [-0.2, 0) is 4.79 Å². The average Bonchev–Trinajstić information content (AvgIpc) is 3.21. The van der Waals surface area contributed by atoms with Crippen LogP contribution < -0.4 is 10.1 Å². The Labute approximate surface area is 184 Å². The molecule has 4 nitrogen and oxygen atoms in total. The molecule has 0 aliphatic heterocycles. The van der Waals surface area contributed by atoms with Gasteiger partial charge in [-0.3, -0.25) is 4.79 Å². The Morgan fingerprint density at radius 1 is 1.00 bits per heavy atom. The van der Waals surface area contributed by atoms with Crippen molar-refractivity contribution in [2.75, 3.05) is 12.4 Å². The molecule has 1 aromatic heterocycles. The highest BCUT2D eigenvalue weighted by Gasteiger charge is 2.53. The predicted molar refractivity (Wildman–Crippen MR) is 124 cm³/mol. The molecule has 3 aromatic carbocycles. The molecule has 2 bridgehead atoms. The number of methoxy groups -OCH3 is 1. The van der Waals surface area contributed by atoms with Crippen molar-refractivity contribution in [3.8, 4) is 5.75 Å². The monoisotopic (exact) mass is 426 g/mol. The van der Waals surface area contributed by atoms with Gasteiger partial charge in [0.05, 0.1) is 17.2 Å². The molecule has 1 atom stereocenters. The summed E-state index contributed by atoms with van der Waals surface area (Å²) in [7, 11) is 1.64. The van der Waals surface area contributed by atoms with Crippen LogP contribution in [0.2, 0.25) is 0 Å². The van der Waals surface area contributed by atoms with Crippen LogP contribution in [0.4, 0.5) is 5.13 Å². The second-order valence-electron chi connectivity index (χ2n) is 8.65. The summed E-state index contributed by atoms with van der Waals surface area (Å²) >= 11 is 1.49. The van der Waals surface area contributed by atoms with E-state index in [1.165, 1.54) is 33.6 Å². The van der Waals surface area contributed by atoms with E-state index in [0.29, 0.717) is 5.13 Å². The molecule has 1 heterocycles. The first-order valence-corrected chi connectivity index (χ1v) is 11.3. The molecule has 0 fully saturated rings. The molecule has 3 aliphatic rings. The number of fused-ring (bicyclic) bond motifs is 2. The lowest BCUT2D eigenvalue weighted by Crippen LogP contribution is -2.47. The van der Waals surface area contributed by atoms with Crippen molar-refractivity contribution in [3.05, 3.63) is 89.0 Å². The van der Waals surface area contributed by atoms with Crippen molar-refractivity contribution in [2.45, 2.75) is 25.2 Å². The van der Waals surface area contributed by atoms with Crippen LogP contribution in [0.1, 0.15) is 47.4 Å². The van der Waals surface area contributed by atoms with E-state index < -0.39 is 5.41 Å². The maximum absolute atomic E-state index is 13.8. The van der Waals surface area contributed by atoms with Crippen LogP contribution in [0.25, 0.3) is 10.2 Å². The molecule has 7 rings (SSSR count). The third-order valence-corrected chi connectivity index (χ3v) is 7.91. The molecule has 4 aromatic rings. The molecule has 1 amide bonds. The number of carbonyl (C=O) groups excluding carboxylic acids is 1. The van der Waals surface area contributed by atoms with E-state index in [1.807, 2.05) is 18.2 Å². The number of carbonyl (C=O) groups is 1. The molecule has 31 heavy (non-hydrogen) atoms. The van der Waals surface area contributed by atoms with Gasteiger partial charge in [-0.25, -0.2) is 4.98 Å². The topological polar surface area (TPSA) is 51.2 Å². The first kappa shape index (κ1) is 18.6. The summed E-state index contributed by atoms with van der Waals surface area (Å²) in [5.41, 5.74) is 5.52. The smallest absolute Gasteiger partial charge is 0.233 e. The van der Waals surface area contributed by atoms with Gasteiger partial charge in [-0.2, -0.15) is 0 Å². The summed E-state index contributed by atoms with van der Waals surface area (Å²) < 4.78 is 6.43. The average molecular weight is 427 g/mol. The maximum Gasteiger partial charge on any atom is 0.233 e. The molecule has 154 valence electrons. The fourth-order valence-electron chi connectivity index (χ4n) is 5.57. The van der Waals surface area contributed by atoms with Crippen LogP contribution in [0, 0.1) is 5.41 Å². The molecular weight excluding hydrogens is 404 g/mol. The Bertz CT molecular complexity index is 1300. The van der Waals surface area contributed by atoms with E-state index in [-0.39, 0.29) is 17.7 Å². The standard InChI is InChI=1S/C26H22N2O2S/c1-26(24(29)28-25-27-23-20(30-2)12-7-13-21(23)31-25)14-19-15-8-3-5-10-17(15)22(26)18-11-6-4-9-16(18)19/h3-13,19,22H,14H2,1-2H3,(H,27,28,29). The first-order chi connectivity index (χ1) is 15.1. The second kappa shape index (κ2) is 6.66. The highest BCUT2D eigenvalue weighted by molar-refractivity contribution is 7.22. The van der Waals surface area contributed by atoms with Gasteiger partial charge in [-0.15, -0.1) is 0 Å². The zero-order valence-corrected chi connectivity index (χ0v) is 18.2. The van der Waals surface area contributed by atoms with Crippen LogP contribution >= 0.6 is 11.3 Å². The Kier molecular flexibility index (Phi) is 3.99. The third-order valence-electron chi connectivity index (χ3n) is 6.97. The van der Waals surface area contributed by atoms with E-state index in [4.69, 9.17) is 4.74 Å². The summed E-state index contributed by atoms with van der Waals surface area (Å²) in [5, 5.41) is 3.77. The van der Waals surface area contributed by atoms with Gasteiger partial charge >= 0.3 is 0 Å². The van der Waals surface area contributed by atoms with Crippen LogP contribution in [0.5, 0.6) is 5.75 Å². The van der Waals surface area contributed by atoms with Crippen molar-refractivity contribution >= 4 is 32.6 Å². The number of hydrogen-bond donors (Lipinski definition) is 1. The van der Waals surface area contributed by atoms with Gasteiger partial charge in [0.15, 0.2) is 5.13 Å². The van der Waals surface area contributed by atoms with Gasteiger partial charge in [0.2, 0.25) is 5.91 Å². The fraction of sp³-hybridized carbons (Fsp3) is 0.231. The summed E-state index contributed by atoms with van der Waals surface area (Å²) in [5.74, 6) is 1.03. The first-order valence-electron chi connectivity index (χ1n) is 10.5. The third kappa shape index (κ3) is 2.59. The van der Waals surface area contributed by atoms with E-state index >= 15 is 0 Å². The van der Waals surface area contributed by atoms with Gasteiger partial charge in [0.1, 0.15) is 11.3 Å². The number of aromatic nitrogens is 1. The molecule has 0 spiro atoms.